The molecule has 1 atom stereocenters. The van der Waals surface area contributed by atoms with E-state index in [2.05, 4.69) is 25.4 Å². The van der Waals surface area contributed by atoms with E-state index < -0.39 is 12.0 Å². The predicted molar refractivity (Wildman–Crippen MR) is 132 cm³/mol. The van der Waals surface area contributed by atoms with Crippen LogP contribution in [0.3, 0.4) is 0 Å². The van der Waals surface area contributed by atoms with E-state index in [0.29, 0.717) is 22.5 Å². The van der Waals surface area contributed by atoms with Crippen molar-refractivity contribution < 1.29 is 14.9 Å². The molecule has 9 nitrogen and oxygen atoms in total. The van der Waals surface area contributed by atoms with Crippen LogP contribution in [-0.4, -0.2) is 54.3 Å². The van der Waals surface area contributed by atoms with Gasteiger partial charge in [0.1, 0.15) is 24.0 Å². The van der Waals surface area contributed by atoms with Crippen molar-refractivity contribution in [2.45, 2.75) is 13.0 Å². The van der Waals surface area contributed by atoms with Crippen LogP contribution < -0.4 is 10.1 Å². The first kappa shape index (κ1) is 22.2. The first-order chi connectivity index (χ1) is 16.6. The van der Waals surface area contributed by atoms with Crippen LogP contribution in [0.15, 0.2) is 54.6 Å². The molecule has 3 heterocycles. The number of nitrogens with one attached hydrogen (secondary N) is 1. The van der Waals surface area contributed by atoms with Crippen LogP contribution in [0.1, 0.15) is 6.92 Å². The first-order valence-electron chi connectivity index (χ1n) is 10.8. The van der Waals surface area contributed by atoms with Gasteiger partial charge < -0.3 is 20.3 Å². The van der Waals surface area contributed by atoms with Crippen LogP contribution >= 0.6 is 11.3 Å². The van der Waals surface area contributed by atoms with E-state index in [0.717, 1.165) is 27.0 Å². The SMILES string of the molecule is C[C@@H](Oc1cc(-c2cnn(C)c2)cc2ncnc(Nc3ccc4ncsc4c3)c12)C(CO)CO. The van der Waals surface area contributed by atoms with Gasteiger partial charge in [-0.2, -0.15) is 5.10 Å². The number of aliphatic hydroxyl groups excluding tert-OH is 2. The van der Waals surface area contributed by atoms with Crippen LogP contribution in [0.4, 0.5) is 11.5 Å². The third-order valence-electron chi connectivity index (χ3n) is 5.78. The third-order valence-corrected chi connectivity index (χ3v) is 6.57. The number of ether oxygens (including phenoxy) is 1. The molecule has 5 rings (SSSR count). The quantitative estimate of drug-likeness (QED) is 0.310. The number of anilines is 2. The summed E-state index contributed by atoms with van der Waals surface area (Å²) in [5.41, 5.74) is 6.15. The molecular weight excluding hydrogens is 452 g/mol. The molecular formula is C24H24N6O3S. The second-order valence-electron chi connectivity index (χ2n) is 8.10. The minimum absolute atomic E-state index is 0.186. The Bertz CT molecular complexity index is 1450. The van der Waals surface area contributed by atoms with Crippen molar-refractivity contribution in [3.05, 3.63) is 54.6 Å². The van der Waals surface area contributed by atoms with Gasteiger partial charge in [0.15, 0.2) is 0 Å². The van der Waals surface area contributed by atoms with Crippen molar-refractivity contribution in [1.82, 2.24) is 24.7 Å². The third kappa shape index (κ3) is 4.30. The molecule has 3 N–H and O–H groups in total. The van der Waals surface area contributed by atoms with Crippen LogP contribution in [0.5, 0.6) is 5.75 Å². The summed E-state index contributed by atoms with van der Waals surface area (Å²) >= 11 is 1.57. The van der Waals surface area contributed by atoms with E-state index in [1.165, 1.54) is 6.33 Å². The normalized spacial score (nSPS) is 12.5. The Morgan fingerprint density at radius 2 is 1.91 bits per heavy atom. The van der Waals surface area contributed by atoms with Crippen LogP contribution in [-0.2, 0) is 7.05 Å². The topological polar surface area (TPSA) is 118 Å². The van der Waals surface area contributed by atoms with Gasteiger partial charge in [0.25, 0.3) is 0 Å². The number of nitrogens with zero attached hydrogens (tertiary/aromatic N) is 5. The number of aliphatic hydroxyl groups is 2. The van der Waals surface area contributed by atoms with Crippen molar-refractivity contribution in [1.29, 1.82) is 0 Å². The highest BCUT2D eigenvalue weighted by atomic mass is 32.1. The Morgan fingerprint density at radius 3 is 2.68 bits per heavy atom. The molecule has 0 amide bonds. The van der Waals surface area contributed by atoms with Gasteiger partial charge in [0, 0.05) is 30.4 Å². The number of hydrogen-bond donors (Lipinski definition) is 3. The van der Waals surface area contributed by atoms with E-state index in [1.807, 2.05) is 56.0 Å². The maximum atomic E-state index is 9.65. The van der Waals surface area contributed by atoms with Crippen molar-refractivity contribution in [3.8, 4) is 16.9 Å². The number of thiazole rings is 1. The van der Waals surface area contributed by atoms with E-state index in [4.69, 9.17) is 4.74 Å². The molecule has 0 aliphatic heterocycles. The summed E-state index contributed by atoms with van der Waals surface area (Å²) in [6.45, 7) is 1.46. The van der Waals surface area contributed by atoms with Gasteiger partial charge in [-0.3, -0.25) is 4.68 Å². The second kappa shape index (κ2) is 9.34. The lowest BCUT2D eigenvalue weighted by Crippen LogP contribution is -2.29. The van der Waals surface area contributed by atoms with Gasteiger partial charge in [-0.15, -0.1) is 11.3 Å². The van der Waals surface area contributed by atoms with E-state index in [1.54, 1.807) is 22.2 Å². The number of fused-ring (bicyclic) bond motifs is 2. The predicted octanol–water partition coefficient (Wildman–Crippen LogP) is 3.75. The molecule has 0 radical (unpaired) electrons. The Hall–Kier alpha value is -3.60. The molecule has 0 aliphatic rings. The molecule has 10 heteroatoms. The second-order valence-corrected chi connectivity index (χ2v) is 8.99. The smallest absolute Gasteiger partial charge is 0.145 e. The standard InChI is InChI=1S/C24H24N6O3S/c1-14(17(10-31)11-32)33-21-6-15(16-8-28-30(2)9-16)5-20-23(21)24(26-12-25-20)29-18-3-4-19-22(7-18)34-13-27-19/h3-9,12-14,17,31-32H,10-11H2,1-2H3,(H,25,26,29)/t14-/m1/s1. The molecule has 0 saturated heterocycles. The first-order valence-corrected chi connectivity index (χ1v) is 11.7. The maximum Gasteiger partial charge on any atom is 0.145 e. The molecule has 0 fully saturated rings. The van der Waals surface area contributed by atoms with Gasteiger partial charge in [0.2, 0.25) is 0 Å². The van der Waals surface area contributed by atoms with Crippen molar-refractivity contribution in [2.75, 3.05) is 18.5 Å². The molecule has 0 unspecified atom stereocenters. The summed E-state index contributed by atoms with van der Waals surface area (Å²) < 4.78 is 9.11. The summed E-state index contributed by atoms with van der Waals surface area (Å²) in [4.78, 5) is 13.3. The highest BCUT2D eigenvalue weighted by molar-refractivity contribution is 7.16. The number of rotatable bonds is 8. The molecule has 0 bridgehead atoms. The van der Waals surface area contributed by atoms with Crippen LogP contribution in [0.2, 0.25) is 0 Å². The average Bonchev–Trinajstić information content (AvgIpc) is 3.48. The summed E-state index contributed by atoms with van der Waals surface area (Å²) in [6.07, 6.45) is 4.77. The minimum atomic E-state index is -0.441. The highest BCUT2D eigenvalue weighted by Gasteiger charge is 2.21. The Kier molecular flexibility index (Phi) is 6.10. The Balaban J connectivity index is 1.62. The molecule has 5 aromatic rings. The van der Waals surface area contributed by atoms with E-state index >= 15 is 0 Å². The summed E-state index contributed by atoms with van der Waals surface area (Å²) in [7, 11) is 1.86. The summed E-state index contributed by atoms with van der Waals surface area (Å²) in [6, 6.07) is 9.84. The van der Waals surface area contributed by atoms with E-state index in [-0.39, 0.29) is 13.2 Å². The van der Waals surface area contributed by atoms with E-state index in [9.17, 15) is 10.2 Å². The lowest BCUT2D eigenvalue weighted by atomic mass is 10.0. The fourth-order valence-electron chi connectivity index (χ4n) is 3.80. The minimum Gasteiger partial charge on any atom is -0.489 e. The molecule has 34 heavy (non-hydrogen) atoms. The molecule has 2 aromatic carbocycles. The lowest BCUT2D eigenvalue weighted by Gasteiger charge is -2.23. The van der Waals surface area contributed by atoms with Crippen molar-refractivity contribution in [3.63, 3.8) is 0 Å². The largest absolute Gasteiger partial charge is 0.489 e. The van der Waals surface area contributed by atoms with Gasteiger partial charge in [-0.25, -0.2) is 15.0 Å². The zero-order valence-electron chi connectivity index (χ0n) is 18.7. The number of aromatic nitrogens is 5. The highest BCUT2D eigenvalue weighted by Crippen LogP contribution is 2.37. The van der Waals surface area contributed by atoms with Gasteiger partial charge in [0.05, 0.1) is 46.0 Å². The van der Waals surface area contributed by atoms with Crippen molar-refractivity contribution >= 4 is 44.0 Å². The summed E-state index contributed by atoms with van der Waals surface area (Å²) in [5, 5.41) is 27.7. The number of hydrogen-bond acceptors (Lipinski definition) is 9. The molecule has 0 spiro atoms. The Morgan fingerprint density at radius 1 is 1.06 bits per heavy atom. The average molecular weight is 477 g/mol. The maximum absolute atomic E-state index is 9.65. The van der Waals surface area contributed by atoms with Gasteiger partial charge in [-0.1, -0.05) is 0 Å². The summed E-state index contributed by atoms with van der Waals surface area (Å²) in [5.74, 6) is 0.725. The van der Waals surface area contributed by atoms with Crippen molar-refractivity contribution in [2.24, 2.45) is 13.0 Å². The molecule has 0 saturated carbocycles. The number of aryl methyl sites for hydroxylation is 1. The van der Waals surface area contributed by atoms with Gasteiger partial charge in [-0.05, 0) is 42.8 Å². The molecule has 0 aliphatic carbocycles. The monoisotopic (exact) mass is 476 g/mol. The van der Waals surface area contributed by atoms with Gasteiger partial charge >= 0.3 is 0 Å². The zero-order chi connectivity index (χ0) is 23.7. The molecule has 174 valence electrons. The fraction of sp³-hybridized carbons (Fsp3) is 0.250. The van der Waals surface area contributed by atoms with Crippen LogP contribution in [0.25, 0.3) is 32.2 Å². The van der Waals surface area contributed by atoms with Crippen LogP contribution in [0, 0.1) is 5.92 Å². The zero-order valence-corrected chi connectivity index (χ0v) is 19.5. The number of benzene rings is 2. The Labute approximate surface area is 199 Å². The lowest BCUT2D eigenvalue weighted by molar-refractivity contribution is 0.0580. The molecule has 3 aromatic heterocycles. The fourth-order valence-corrected chi connectivity index (χ4v) is 4.52.